The average Bonchev–Trinajstić information content (AvgIpc) is 3.53. The van der Waals surface area contributed by atoms with Gasteiger partial charge in [0.2, 0.25) is 5.91 Å². The Morgan fingerprint density at radius 3 is 2.72 bits per heavy atom. The van der Waals surface area contributed by atoms with Crippen molar-refractivity contribution in [2.24, 2.45) is 5.92 Å². The summed E-state index contributed by atoms with van der Waals surface area (Å²) in [6, 6.07) is 15.5. The second-order valence-corrected chi connectivity index (χ2v) is 8.79. The molecule has 0 aliphatic heterocycles. The number of amides is 1. The Hall–Kier alpha value is -4.92. The molecule has 176 valence electrons. The molecule has 1 amide bonds. The first-order valence-corrected chi connectivity index (χ1v) is 11.6. The molecule has 0 bridgehead atoms. The minimum Gasteiger partial charge on any atom is -0.338 e. The van der Waals surface area contributed by atoms with Gasteiger partial charge < -0.3 is 10.3 Å². The van der Waals surface area contributed by atoms with Crippen LogP contribution >= 0.6 is 0 Å². The highest BCUT2D eigenvalue weighted by atomic mass is 16.1. The summed E-state index contributed by atoms with van der Waals surface area (Å²) in [6.07, 6.45) is 6.90. The quantitative estimate of drug-likeness (QED) is 0.315. The van der Waals surface area contributed by atoms with Crippen molar-refractivity contribution in [2.45, 2.75) is 13.8 Å². The zero-order valence-electron chi connectivity index (χ0n) is 19.6. The van der Waals surface area contributed by atoms with E-state index < -0.39 is 0 Å². The van der Waals surface area contributed by atoms with E-state index >= 15 is 0 Å². The standard InChI is InChI=1S/C27H22N8O/c1-15(2)27(36)31-17-11-16(13-28-14-17)20-6-7-22-24(32-20)25(35-34-22)23-12-19-18(8-10-30-26(19)33-23)21-5-3-4-9-29-21/h3-15H,1-2H3,(H,30,33)(H,31,36)(H,34,35). The van der Waals surface area contributed by atoms with E-state index in [9.17, 15) is 4.79 Å². The summed E-state index contributed by atoms with van der Waals surface area (Å²) in [5, 5.41) is 11.5. The van der Waals surface area contributed by atoms with E-state index in [-0.39, 0.29) is 11.8 Å². The number of aromatic amines is 2. The van der Waals surface area contributed by atoms with E-state index in [1.165, 1.54) is 0 Å². The van der Waals surface area contributed by atoms with Gasteiger partial charge in [0.25, 0.3) is 0 Å². The van der Waals surface area contributed by atoms with Crippen LogP contribution in [-0.2, 0) is 4.79 Å². The Bertz CT molecular complexity index is 1720. The number of anilines is 1. The average molecular weight is 475 g/mol. The molecule has 0 aliphatic rings. The van der Waals surface area contributed by atoms with Gasteiger partial charge >= 0.3 is 0 Å². The lowest BCUT2D eigenvalue weighted by Crippen LogP contribution is -2.17. The van der Waals surface area contributed by atoms with Crippen molar-refractivity contribution in [3.05, 3.63) is 73.3 Å². The predicted octanol–water partition coefficient (Wildman–Crippen LogP) is 5.22. The summed E-state index contributed by atoms with van der Waals surface area (Å²) < 4.78 is 0. The van der Waals surface area contributed by atoms with Crippen LogP contribution in [0.5, 0.6) is 0 Å². The van der Waals surface area contributed by atoms with Gasteiger partial charge in [0.05, 0.1) is 34.5 Å². The summed E-state index contributed by atoms with van der Waals surface area (Å²) in [7, 11) is 0. The van der Waals surface area contributed by atoms with Crippen LogP contribution in [-0.4, -0.2) is 41.0 Å². The van der Waals surface area contributed by atoms with E-state index in [4.69, 9.17) is 4.98 Å². The molecule has 0 fully saturated rings. The van der Waals surface area contributed by atoms with Crippen LogP contribution in [0.3, 0.4) is 0 Å². The van der Waals surface area contributed by atoms with Gasteiger partial charge in [0.1, 0.15) is 16.9 Å². The smallest absolute Gasteiger partial charge is 0.226 e. The zero-order chi connectivity index (χ0) is 24.6. The molecule has 0 atom stereocenters. The molecule has 36 heavy (non-hydrogen) atoms. The maximum absolute atomic E-state index is 12.1. The fourth-order valence-electron chi connectivity index (χ4n) is 4.08. The minimum atomic E-state index is -0.124. The first-order valence-electron chi connectivity index (χ1n) is 11.6. The Morgan fingerprint density at radius 1 is 0.972 bits per heavy atom. The number of carbonyl (C=O) groups is 1. The third-order valence-electron chi connectivity index (χ3n) is 5.96. The highest BCUT2D eigenvalue weighted by Gasteiger charge is 2.16. The molecular weight excluding hydrogens is 452 g/mol. The molecule has 6 aromatic rings. The van der Waals surface area contributed by atoms with Crippen molar-refractivity contribution in [1.29, 1.82) is 0 Å². The maximum atomic E-state index is 12.1. The lowest BCUT2D eigenvalue weighted by Gasteiger charge is -2.08. The second kappa shape index (κ2) is 8.70. The normalized spacial score (nSPS) is 11.4. The third kappa shape index (κ3) is 3.86. The minimum absolute atomic E-state index is 0.0630. The van der Waals surface area contributed by atoms with Crippen molar-refractivity contribution in [3.63, 3.8) is 0 Å². The SMILES string of the molecule is CC(C)C(=O)Nc1cncc(-c2ccc3[nH]nc(-c4cc5c(-c6ccccn6)ccnc5[nH]4)c3n2)c1. The van der Waals surface area contributed by atoms with Crippen LogP contribution in [0.15, 0.2) is 73.3 Å². The van der Waals surface area contributed by atoms with E-state index in [0.717, 1.165) is 50.3 Å². The topological polar surface area (TPSA) is 125 Å². The molecule has 3 N–H and O–H groups in total. The summed E-state index contributed by atoms with van der Waals surface area (Å²) in [5.74, 6) is -0.187. The molecule has 6 heterocycles. The lowest BCUT2D eigenvalue weighted by atomic mass is 10.1. The Kier molecular flexibility index (Phi) is 5.22. The molecule has 0 unspecified atom stereocenters. The van der Waals surface area contributed by atoms with Gasteiger partial charge in [0, 0.05) is 41.0 Å². The van der Waals surface area contributed by atoms with Gasteiger partial charge in [-0.05, 0) is 42.5 Å². The van der Waals surface area contributed by atoms with E-state index in [1.807, 2.05) is 62.4 Å². The number of fused-ring (bicyclic) bond motifs is 2. The Labute approximate surface area is 206 Å². The number of rotatable bonds is 5. The number of H-pyrrole nitrogens is 2. The van der Waals surface area contributed by atoms with Crippen molar-refractivity contribution < 1.29 is 4.79 Å². The molecule has 0 saturated heterocycles. The van der Waals surface area contributed by atoms with Crippen molar-refractivity contribution >= 4 is 33.7 Å². The van der Waals surface area contributed by atoms with Gasteiger partial charge in [-0.15, -0.1) is 0 Å². The maximum Gasteiger partial charge on any atom is 0.226 e. The van der Waals surface area contributed by atoms with Gasteiger partial charge in [-0.2, -0.15) is 5.10 Å². The number of aromatic nitrogens is 7. The summed E-state index contributed by atoms with van der Waals surface area (Å²) in [4.78, 5) is 33.7. The Balaban J connectivity index is 1.41. The number of hydrogen-bond acceptors (Lipinski definition) is 6. The molecular formula is C27H22N8O. The largest absolute Gasteiger partial charge is 0.338 e. The number of hydrogen-bond donors (Lipinski definition) is 3. The van der Waals surface area contributed by atoms with Crippen molar-refractivity contribution in [2.75, 3.05) is 5.32 Å². The predicted molar refractivity (Wildman–Crippen MR) is 139 cm³/mol. The molecule has 0 radical (unpaired) electrons. The van der Waals surface area contributed by atoms with Gasteiger partial charge in [-0.3, -0.25) is 19.9 Å². The van der Waals surface area contributed by atoms with Gasteiger partial charge in [0.15, 0.2) is 0 Å². The molecule has 9 heteroatoms. The van der Waals surface area contributed by atoms with Gasteiger partial charge in [-0.25, -0.2) is 9.97 Å². The summed E-state index contributed by atoms with van der Waals surface area (Å²) in [6.45, 7) is 3.70. The molecule has 6 aromatic heterocycles. The third-order valence-corrected chi connectivity index (χ3v) is 5.96. The van der Waals surface area contributed by atoms with Crippen LogP contribution in [0.25, 0.3) is 56.0 Å². The van der Waals surface area contributed by atoms with E-state index in [0.29, 0.717) is 11.4 Å². The van der Waals surface area contributed by atoms with E-state index in [2.05, 4.69) is 35.5 Å². The molecule has 0 saturated carbocycles. The first kappa shape index (κ1) is 21.6. The second-order valence-electron chi connectivity index (χ2n) is 8.79. The molecule has 9 nitrogen and oxygen atoms in total. The van der Waals surface area contributed by atoms with Crippen LogP contribution < -0.4 is 5.32 Å². The monoisotopic (exact) mass is 474 g/mol. The number of nitrogens with one attached hydrogen (secondary N) is 3. The molecule has 0 aliphatic carbocycles. The summed E-state index contributed by atoms with van der Waals surface area (Å²) >= 11 is 0. The molecule has 0 spiro atoms. The van der Waals surface area contributed by atoms with Crippen LogP contribution in [0.4, 0.5) is 5.69 Å². The van der Waals surface area contributed by atoms with Crippen LogP contribution in [0, 0.1) is 5.92 Å². The van der Waals surface area contributed by atoms with Crippen molar-refractivity contribution in [1.82, 2.24) is 35.1 Å². The fraction of sp³-hybridized carbons (Fsp3) is 0.111. The number of carbonyl (C=O) groups excluding carboxylic acids is 1. The fourth-order valence-corrected chi connectivity index (χ4v) is 4.08. The van der Waals surface area contributed by atoms with Crippen LogP contribution in [0.2, 0.25) is 0 Å². The highest BCUT2D eigenvalue weighted by molar-refractivity contribution is 5.98. The lowest BCUT2D eigenvalue weighted by molar-refractivity contribution is -0.118. The van der Waals surface area contributed by atoms with E-state index in [1.54, 1.807) is 24.8 Å². The molecule has 0 aromatic carbocycles. The van der Waals surface area contributed by atoms with Crippen LogP contribution in [0.1, 0.15) is 13.8 Å². The highest BCUT2D eigenvalue weighted by Crippen LogP contribution is 2.33. The summed E-state index contributed by atoms with van der Waals surface area (Å²) in [5.41, 5.74) is 7.77. The van der Waals surface area contributed by atoms with Gasteiger partial charge in [-0.1, -0.05) is 19.9 Å². The number of nitrogens with zero attached hydrogens (tertiary/aromatic N) is 5. The first-order chi connectivity index (χ1) is 17.6. The zero-order valence-corrected chi connectivity index (χ0v) is 19.6. The number of pyridine rings is 4. The Morgan fingerprint density at radius 2 is 1.89 bits per heavy atom. The molecule has 6 rings (SSSR count). The van der Waals surface area contributed by atoms with Crippen molar-refractivity contribution in [3.8, 4) is 33.9 Å².